The summed E-state index contributed by atoms with van der Waals surface area (Å²) in [6, 6.07) is 3.40. The Hall–Kier alpha value is -1.69. The van der Waals surface area contributed by atoms with E-state index in [9.17, 15) is 4.79 Å². The molecule has 0 saturated heterocycles. The van der Waals surface area contributed by atoms with Crippen molar-refractivity contribution in [3.63, 3.8) is 0 Å². The first-order valence-electron chi connectivity index (χ1n) is 6.48. The van der Waals surface area contributed by atoms with Crippen LogP contribution in [-0.2, 0) is 4.74 Å². The van der Waals surface area contributed by atoms with Gasteiger partial charge in [0, 0.05) is 20.2 Å². The van der Waals surface area contributed by atoms with Crippen LogP contribution in [-0.4, -0.2) is 42.9 Å². The molecule has 0 saturated carbocycles. The van der Waals surface area contributed by atoms with Crippen LogP contribution >= 0.6 is 0 Å². The topological polar surface area (TPSA) is 76.1 Å². The van der Waals surface area contributed by atoms with Crippen LogP contribution < -0.4 is 10.6 Å². The molecular formula is C13H22N4O2. The van der Waals surface area contributed by atoms with E-state index in [2.05, 4.69) is 34.7 Å². The van der Waals surface area contributed by atoms with E-state index >= 15 is 0 Å². The van der Waals surface area contributed by atoms with Gasteiger partial charge in [0.1, 0.15) is 5.82 Å². The van der Waals surface area contributed by atoms with Crippen LogP contribution in [0, 0.1) is 5.92 Å². The van der Waals surface area contributed by atoms with Crippen molar-refractivity contribution < 1.29 is 9.53 Å². The maximum atomic E-state index is 11.7. The van der Waals surface area contributed by atoms with Gasteiger partial charge in [-0.05, 0) is 24.5 Å². The van der Waals surface area contributed by atoms with Crippen LogP contribution in [0.5, 0.6) is 0 Å². The predicted octanol–water partition coefficient (Wildman–Crippen LogP) is 1.31. The molecule has 1 amide bonds. The number of nitrogens with zero attached hydrogens (tertiary/aromatic N) is 2. The van der Waals surface area contributed by atoms with Gasteiger partial charge in [-0.1, -0.05) is 13.8 Å². The Labute approximate surface area is 113 Å². The third kappa shape index (κ3) is 6.15. The number of methoxy groups -OCH3 is 1. The summed E-state index contributed by atoms with van der Waals surface area (Å²) in [6.07, 6.45) is 0.954. The smallest absolute Gasteiger partial charge is 0.271 e. The molecule has 106 valence electrons. The number of hydrogen-bond acceptors (Lipinski definition) is 5. The van der Waals surface area contributed by atoms with E-state index in [4.69, 9.17) is 4.74 Å². The maximum absolute atomic E-state index is 11.7. The Morgan fingerprint density at radius 2 is 2.11 bits per heavy atom. The lowest BCUT2D eigenvalue weighted by Gasteiger charge is -2.07. The Balaban J connectivity index is 2.39. The molecule has 6 heteroatoms. The molecule has 1 aromatic rings. The zero-order chi connectivity index (χ0) is 14.1. The van der Waals surface area contributed by atoms with Crippen molar-refractivity contribution in [3.8, 4) is 0 Å². The first kappa shape index (κ1) is 15.4. The number of amides is 1. The highest BCUT2D eigenvalue weighted by Gasteiger charge is 2.07. The first-order chi connectivity index (χ1) is 9.13. The van der Waals surface area contributed by atoms with Crippen molar-refractivity contribution in [1.82, 2.24) is 15.5 Å². The van der Waals surface area contributed by atoms with Crippen LogP contribution in [0.25, 0.3) is 0 Å². The predicted molar refractivity (Wildman–Crippen MR) is 74.2 cm³/mol. The molecule has 1 heterocycles. The fraction of sp³-hybridized carbons (Fsp3) is 0.615. The highest BCUT2D eigenvalue weighted by Crippen LogP contribution is 2.02. The molecule has 1 aromatic heterocycles. The molecule has 0 aliphatic heterocycles. The van der Waals surface area contributed by atoms with Crippen molar-refractivity contribution >= 4 is 11.7 Å². The minimum Gasteiger partial charge on any atom is -0.383 e. The van der Waals surface area contributed by atoms with E-state index in [1.807, 2.05) is 0 Å². The third-order valence-electron chi connectivity index (χ3n) is 2.52. The highest BCUT2D eigenvalue weighted by atomic mass is 16.5. The molecule has 6 nitrogen and oxygen atoms in total. The molecule has 0 spiro atoms. The van der Waals surface area contributed by atoms with Crippen LogP contribution in [0.15, 0.2) is 12.1 Å². The fourth-order valence-corrected chi connectivity index (χ4v) is 1.39. The monoisotopic (exact) mass is 266 g/mol. The van der Waals surface area contributed by atoms with Crippen LogP contribution in [0.2, 0.25) is 0 Å². The van der Waals surface area contributed by atoms with Crippen LogP contribution in [0.1, 0.15) is 30.8 Å². The first-order valence-corrected chi connectivity index (χ1v) is 6.48. The van der Waals surface area contributed by atoms with Crippen molar-refractivity contribution in [1.29, 1.82) is 0 Å². The molecule has 0 aliphatic carbocycles. The second kappa shape index (κ2) is 8.42. The summed E-state index contributed by atoms with van der Waals surface area (Å²) in [5.41, 5.74) is 0.334. The molecule has 0 atom stereocenters. The van der Waals surface area contributed by atoms with Gasteiger partial charge in [-0.3, -0.25) is 4.79 Å². The summed E-state index contributed by atoms with van der Waals surface area (Å²) < 4.78 is 4.91. The lowest BCUT2D eigenvalue weighted by atomic mass is 10.1. The zero-order valence-corrected chi connectivity index (χ0v) is 11.8. The second-order valence-electron chi connectivity index (χ2n) is 4.66. The van der Waals surface area contributed by atoms with Crippen molar-refractivity contribution in [2.45, 2.75) is 20.3 Å². The molecule has 19 heavy (non-hydrogen) atoms. The van der Waals surface area contributed by atoms with Crippen molar-refractivity contribution in [2.75, 3.05) is 32.1 Å². The van der Waals surface area contributed by atoms with E-state index in [1.165, 1.54) is 0 Å². The summed E-state index contributed by atoms with van der Waals surface area (Å²) in [4.78, 5) is 11.7. The van der Waals surface area contributed by atoms with Crippen molar-refractivity contribution in [2.24, 2.45) is 5.92 Å². The second-order valence-corrected chi connectivity index (χ2v) is 4.66. The Morgan fingerprint density at radius 3 is 2.68 bits per heavy atom. The number of nitrogens with one attached hydrogen (secondary N) is 2. The van der Waals surface area contributed by atoms with Gasteiger partial charge >= 0.3 is 0 Å². The summed E-state index contributed by atoms with van der Waals surface area (Å²) in [7, 11) is 1.64. The molecule has 2 N–H and O–H groups in total. The number of rotatable bonds is 8. The Morgan fingerprint density at radius 1 is 1.32 bits per heavy atom. The van der Waals surface area contributed by atoms with E-state index in [0.717, 1.165) is 6.42 Å². The number of ether oxygens (including phenoxy) is 1. The number of aromatic nitrogens is 2. The van der Waals surface area contributed by atoms with Gasteiger partial charge in [-0.25, -0.2) is 0 Å². The summed E-state index contributed by atoms with van der Waals surface area (Å²) in [5, 5.41) is 13.7. The summed E-state index contributed by atoms with van der Waals surface area (Å²) in [5.74, 6) is 1.02. The quantitative estimate of drug-likeness (QED) is 0.694. The van der Waals surface area contributed by atoms with Gasteiger partial charge in [0.05, 0.1) is 6.61 Å². The minimum atomic E-state index is -0.184. The molecule has 0 bridgehead atoms. The van der Waals surface area contributed by atoms with E-state index < -0.39 is 0 Å². The van der Waals surface area contributed by atoms with Crippen LogP contribution in [0.3, 0.4) is 0 Å². The van der Waals surface area contributed by atoms with Crippen LogP contribution in [0.4, 0.5) is 5.82 Å². The minimum absolute atomic E-state index is 0.184. The molecular weight excluding hydrogens is 244 g/mol. The average Bonchev–Trinajstić information content (AvgIpc) is 2.39. The van der Waals surface area contributed by atoms with E-state index in [-0.39, 0.29) is 5.91 Å². The van der Waals surface area contributed by atoms with Gasteiger partial charge in [-0.2, -0.15) is 0 Å². The molecule has 0 fully saturated rings. The average molecular weight is 266 g/mol. The Kier molecular flexibility index (Phi) is 6.81. The van der Waals surface area contributed by atoms with Crippen molar-refractivity contribution in [3.05, 3.63) is 17.8 Å². The number of anilines is 1. The molecule has 0 radical (unpaired) electrons. The van der Waals surface area contributed by atoms with E-state index in [0.29, 0.717) is 37.1 Å². The van der Waals surface area contributed by atoms with Gasteiger partial charge in [0.15, 0.2) is 5.69 Å². The van der Waals surface area contributed by atoms with Gasteiger partial charge in [0.2, 0.25) is 0 Å². The summed E-state index contributed by atoms with van der Waals surface area (Å²) in [6.45, 7) is 6.15. The standard InChI is InChI=1S/C13H22N4O2/c1-10(2)6-7-15-13(18)11-4-5-12(17-16-11)14-8-9-19-3/h4-5,10H,6-9H2,1-3H3,(H,14,17)(H,15,18). The van der Waals surface area contributed by atoms with Gasteiger partial charge in [0.25, 0.3) is 5.91 Å². The molecule has 0 aliphatic rings. The lowest BCUT2D eigenvalue weighted by Crippen LogP contribution is -2.26. The number of carbonyl (C=O) groups is 1. The maximum Gasteiger partial charge on any atom is 0.271 e. The SMILES string of the molecule is COCCNc1ccc(C(=O)NCCC(C)C)nn1. The van der Waals surface area contributed by atoms with E-state index in [1.54, 1.807) is 19.2 Å². The number of hydrogen-bond donors (Lipinski definition) is 2. The lowest BCUT2D eigenvalue weighted by molar-refractivity contribution is 0.0946. The molecule has 1 rings (SSSR count). The largest absolute Gasteiger partial charge is 0.383 e. The molecule has 0 unspecified atom stereocenters. The zero-order valence-electron chi connectivity index (χ0n) is 11.8. The third-order valence-corrected chi connectivity index (χ3v) is 2.52. The number of carbonyl (C=O) groups excluding carboxylic acids is 1. The van der Waals surface area contributed by atoms with Gasteiger partial charge in [-0.15, -0.1) is 10.2 Å². The van der Waals surface area contributed by atoms with Gasteiger partial charge < -0.3 is 15.4 Å². The molecule has 0 aromatic carbocycles. The Bertz CT molecular complexity index is 379. The summed E-state index contributed by atoms with van der Waals surface area (Å²) >= 11 is 0. The normalized spacial score (nSPS) is 10.5. The highest BCUT2D eigenvalue weighted by molar-refractivity contribution is 5.92. The fourth-order valence-electron chi connectivity index (χ4n) is 1.39.